The van der Waals surface area contributed by atoms with E-state index in [1.807, 2.05) is 0 Å². The standard InChI is InChI=1S/C14H13ClFNO2S/c15-10-9-11-5-7-12(8-6-11)20(18,19)17-14-4-2-1-3-13(14)16/h1-8,17H,9-10H2. The van der Waals surface area contributed by atoms with Gasteiger partial charge in [-0.1, -0.05) is 24.3 Å². The van der Waals surface area contributed by atoms with E-state index in [0.717, 1.165) is 5.56 Å². The summed E-state index contributed by atoms with van der Waals surface area (Å²) in [5, 5.41) is 0. The first-order chi connectivity index (χ1) is 9.53. The topological polar surface area (TPSA) is 46.2 Å². The molecule has 20 heavy (non-hydrogen) atoms. The molecule has 0 fully saturated rings. The third kappa shape index (κ3) is 3.49. The van der Waals surface area contributed by atoms with Gasteiger partial charge in [-0.05, 0) is 36.2 Å². The summed E-state index contributed by atoms with van der Waals surface area (Å²) in [6, 6.07) is 12.0. The molecule has 0 heterocycles. The van der Waals surface area contributed by atoms with Crippen LogP contribution in [-0.4, -0.2) is 14.3 Å². The van der Waals surface area contributed by atoms with Crippen molar-refractivity contribution in [2.75, 3.05) is 10.6 Å². The summed E-state index contributed by atoms with van der Waals surface area (Å²) >= 11 is 5.62. The molecule has 0 spiro atoms. The first-order valence-corrected chi connectivity index (χ1v) is 7.97. The number of rotatable bonds is 5. The van der Waals surface area contributed by atoms with Gasteiger partial charge >= 0.3 is 0 Å². The van der Waals surface area contributed by atoms with Crippen molar-refractivity contribution in [2.45, 2.75) is 11.3 Å². The summed E-state index contributed by atoms with van der Waals surface area (Å²) < 4.78 is 39.9. The number of anilines is 1. The van der Waals surface area contributed by atoms with Gasteiger partial charge in [0.25, 0.3) is 10.0 Å². The number of sulfonamides is 1. The number of para-hydroxylation sites is 1. The maximum absolute atomic E-state index is 13.5. The van der Waals surface area contributed by atoms with Gasteiger partial charge in [-0.3, -0.25) is 4.72 Å². The summed E-state index contributed by atoms with van der Waals surface area (Å²) in [7, 11) is -3.79. The van der Waals surface area contributed by atoms with Crippen molar-refractivity contribution >= 4 is 27.3 Å². The summed E-state index contributed by atoms with van der Waals surface area (Å²) in [5.41, 5.74) is 0.877. The van der Waals surface area contributed by atoms with Gasteiger partial charge in [0.2, 0.25) is 0 Å². The average molecular weight is 314 g/mol. The Morgan fingerprint density at radius 1 is 1.05 bits per heavy atom. The Labute approximate surface area is 122 Å². The largest absolute Gasteiger partial charge is 0.277 e. The van der Waals surface area contributed by atoms with E-state index >= 15 is 0 Å². The molecule has 0 saturated carbocycles. The number of aryl methyl sites for hydroxylation is 1. The average Bonchev–Trinajstić information content (AvgIpc) is 2.42. The molecule has 0 aliphatic rings. The molecule has 1 N–H and O–H groups in total. The number of benzene rings is 2. The van der Waals surface area contributed by atoms with Crippen LogP contribution in [0.2, 0.25) is 0 Å². The van der Waals surface area contributed by atoms with Crippen LogP contribution in [0.15, 0.2) is 53.4 Å². The Morgan fingerprint density at radius 2 is 1.70 bits per heavy atom. The summed E-state index contributed by atoms with van der Waals surface area (Å²) in [4.78, 5) is 0.0825. The molecule has 2 aromatic carbocycles. The van der Waals surface area contributed by atoms with Gasteiger partial charge in [0.05, 0.1) is 10.6 Å². The molecule has 2 rings (SSSR count). The van der Waals surface area contributed by atoms with E-state index in [-0.39, 0.29) is 10.6 Å². The van der Waals surface area contributed by atoms with E-state index in [4.69, 9.17) is 11.6 Å². The third-order valence-corrected chi connectivity index (χ3v) is 4.31. The minimum atomic E-state index is -3.79. The maximum Gasteiger partial charge on any atom is 0.261 e. The monoisotopic (exact) mass is 313 g/mol. The summed E-state index contributed by atoms with van der Waals surface area (Å²) in [6.45, 7) is 0. The molecule has 6 heteroatoms. The van der Waals surface area contributed by atoms with E-state index in [1.54, 1.807) is 18.2 Å². The molecular weight excluding hydrogens is 301 g/mol. The molecule has 0 amide bonds. The first-order valence-electron chi connectivity index (χ1n) is 5.95. The van der Waals surface area contributed by atoms with Crippen LogP contribution in [0.1, 0.15) is 5.56 Å². The van der Waals surface area contributed by atoms with Gasteiger partial charge in [0.15, 0.2) is 0 Å². The Balaban J connectivity index is 2.24. The second kappa shape index (κ2) is 6.24. The number of hydrogen-bond acceptors (Lipinski definition) is 2. The second-order valence-corrected chi connectivity index (χ2v) is 6.23. The van der Waals surface area contributed by atoms with Crippen molar-refractivity contribution in [3.05, 3.63) is 59.9 Å². The molecule has 3 nitrogen and oxygen atoms in total. The Bertz CT molecular complexity index is 687. The fraction of sp³-hybridized carbons (Fsp3) is 0.143. The molecule has 0 aliphatic carbocycles. The zero-order chi connectivity index (χ0) is 14.6. The molecule has 2 aromatic rings. The van der Waals surface area contributed by atoms with E-state index in [1.165, 1.54) is 30.3 Å². The highest BCUT2D eigenvalue weighted by molar-refractivity contribution is 7.92. The molecule has 0 unspecified atom stereocenters. The fourth-order valence-electron chi connectivity index (χ4n) is 1.69. The minimum Gasteiger partial charge on any atom is -0.277 e. The number of hydrogen-bond donors (Lipinski definition) is 1. The SMILES string of the molecule is O=S(=O)(Nc1ccccc1F)c1ccc(CCCl)cc1. The van der Waals surface area contributed by atoms with Crippen LogP contribution < -0.4 is 4.72 Å². The Kier molecular flexibility index (Phi) is 4.62. The van der Waals surface area contributed by atoms with E-state index in [2.05, 4.69) is 4.72 Å². The lowest BCUT2D eigenvalue weighted by atomic mass is 10.2. The highest BCUT2D eigenvalue weighted by Crippen LogP contribution is 2.19. The molecule has 0 aromatic heterocycles. The van der Waals surface area contributed by atoms with Crippen molar-refractivity contribution in [3.8, 4) is 0 Å². The lowest BCUT2D eigenvalue weighted by molar-refractivity contribution is 0.598. The highest BCUT2D eigenvalue weighted by Gasteiger charge is 2.15. The smallest absolute Gasteiger partial charge is 0.261 e. The molecule has 0 bridgehead atoms. The third-order valence-electron chi connectivity index (χ3n) is 2.73. The van der Waals surface area contributed by atoms with Gasteiger partial charge in [0, 0.05) is 5.88 Å². The zero-order valence-electron chi connectivity index (χ0n) is 10.5. The van der Waals surface area contributed by atoms with Gasteiger partial charge in [-0.2, -0.15) is 0 Å². The number of alkyl halides is 1. The Hall–Kier alpha value is -1.59. The van der Waals surface area contributed by atoms with Crippen molar-refractivity contribution < 1.29 is 12.8 Å². The fourth-order valence-corrected chi connectivity index (χ4v) is 2.98. The minimum absolute atomic E-state index is 0.0719. The molecule has 0 atom stereocenters. The van der Waals surface area contributed by atoms with Crippen LogP contribution in [0.5, 0.6) is 0 Å². The number of halogens is 2. The molecular formula is C14H13ClFNO2S. The zero-order valence-corrected chi connectivity index (χ0v) is 12.1. The predicted octanol–water partition coefficient (Wildman–Crippen LogP) is 3.41. The van der Waals surface area contributed by atoms with E-state index < -0.39 is 15.8 Å². The molecule has 0 radical (unpaired) electrons. The van der Waals surface area contributed by atoms with Crippen molar-refractivity contribution in [3.63, 3.8) is 0 Å². The molecule has 0 saturated heterocycles. The summed E-state index contributed by atoms with van der Waals surface area (Å²) in [6.07, 6.45) is 0.669. The predicted molar refractivity (Wildman–Crippen MR) is 78.1 cm³/mol. The van der Waals surface area contributed by atoms with Crippen LogP contribution >= 0.6 is 11.6 Å². The first kappa shape index (κ1) is 14.8. The van der Waals surface area contributed by atoms with Crippen molar-refractivity contribution in [1.82, 2.24) is 0 Å². The lowest BCUT2D eigenvalue weighted by Gasteiger charge is -2.09. The number of nitrogens with one attached hydrogen (secondary N) is 1. The second-order valence-electron chi connectivity index (χ2n) is 4.17. The maximum atomic E-state index is 13.5. The van der Waals surface area contributed by atoms with Gasteiger partial charge in [-0.15, -0.1) is 11.6 Å². The van der Waals surface area contributed by atoms with Gasteiger partial charge in [0.1, 0.15) is 5.82 Å². The lowest BCUT2D eigenvalue weighted by Crippen LogP contribution is -2.13. The quantitative estimate of drug-likeness (QED) is 0.860. The molecule has 0 aliphatic heterocycles. The highest BCUT2D eigenvalue weighted by atomic mass is 35.5. The Morgan fingerprint density at radius 3 is 2.30 bits per heavy atom. The van der Waals surface area contributed by atoms with Crippen LogP contribution in [0.3, 0.4) is 0 Å². The van der Waals surface area contributed by atoms with Gasteiger partial charge < -0.3 is 0 Å². The van der Waals surface area contributed by atoms with E-state index in [9.17, 15) is 12.8 Å². The normalized spacial score (nSPS) is 11.3. The summed E-state index contributed by atoms with van der Waals surface area (Å²) in [5.74, 6) is -0.144. The van der Waals surface area contributed by atoms with Crippen molar-refractivity contribution in [2.24, 2.45) is 0 Å². The van der Waals surface area contributed by atoms with Crippen LogP contribution in [-0.2, 0) is 16.4 Å². The van der Waals surface area contributed by atoms with E-state index in [0.29, 0.717) is 12.3 Å². The van der Waals surface area contributed by atoms with Crippen LogP contribution in [0.4, 0.5) is 10.1 Å². The molecule has 106 valence electrons. The van der Waals surface area contributed by atoms with Gasteiger partial charge in [-0.25, -0.2) is 12.8 Å². The van der Waals surface area contributed by atoms with Crippen LogP contribution in [0.25, 0.3) is 0 Å². The van der Waals surface area contributed by atoms with Crippen LogP contribution in [0, 0.1) is 5.82 Å². The van der Waals surface area contributed by atoms with Crippen molar-refractivity contribution in [1.29, 1.82) is 0 Å².